The van der Waals surface area contributed by atoms with Crippen LogP contribution < -0.4 is 10.6 Å². The summed E-state index contributed by atoms with van der Waals surface area (Å²) >= 11 is 0. The monoisotopic (exact) mass is 477 g/mol. The van der Waals surface area contributed by atoms with E-state index < -0.39 is 0 Å². The second-order valence-electron chi connectivity index (χ2n) is 6.70. The maximum absolute atomic E-state index is 4.69. The number of hydrogen-bond acceptors (Lipinski definition) is 2. The van der Waals surface area contributed by atoms with Gasteiger partial charge >= 0.3 is 0 Å². The molecule has 1 heterocycles. The van der Waals surface area contributed by atoms with Crippen molar-refractivity contribution in [2.75, 3.05) is 13.6 Å². The number of guanidine groups is 1. The summed E-state index contributed by atoms with van der Waals surface area (Å²) in [7, 11) is 3.84. The number of benzene rings is 2. The zero-order chi connectivity index (χ0) is 18.5. The summed E-state index contributed by atoms with van der Waals surface area (Å²) in [6, 6.07) is 16.8. The van der Waals surface area contributed by atoms with Crippen molar-refractivity contribution in [1.29, 1.82) is 0 Å². The molecular formula is C21H28IN5. The van der Waals surface area contributed by atoms with E-state index in [1.165, 1.54) is 11.1 Å². The Balaban J connectivity index is 0.00000261. The molecule has 2 N–H and O–H groups in total. The molecule has 3 aromatic rings. The van der Waals surface area contributed by atoms with Crippen LogP contribution in [0.25, 0.3) is 11.0 Å². The van der Waals surface area contributed by atoms with Crippen LogP contribution >= 0.6 is 24.0 Å². The molecule has 0 saturated heterocycles. The van der Waals surface area contributed by atoms with E-state index in [1.807, 2.05) is 25.2 Å². The molecule has 0 aliphatic carbocycles. The smallest absolute Gasteiger partial charge is 0.191 e. The van der Waals surface area contributed by atoms with Gasteiger partial charge in [0, 0.05) is 20.6 Å². The predicted octanol–water partition coefficient (Wildman–Crippen LogP) is 3.97. The number of halogens is 1. The van der Waals surface area contributed by atoms with Crippen LogP contribution in [0.3, 0.4) is 0 Å². The third-order valence-electron chi connectivity index (χ3n) is 4.70. The lowest BCUT2D eigenvalue weighted by Gasteiger charge is -2.16. The van der Waals surface area contributed by atoms with Crippen molar-refractivity contribution in [2.24, 2.45) is 12.0 Å². The van der Waals surface area contributed by atoms with Crippen LogP contribution in [0.1, 0.15) is 29.8 Å². The van der Waals surface area contributed by atoms with Crippen LogP contribution in [0, 0.1) is 6.92 Å². The Labute approximate surface area is 178 Å². The first-order valence-electron chi connectivity index (χ1n) is 9.00. The number of aromatic nitrogens is 2. The molecule has 0 bridgehead atoms. The summed E-state index contributed by atoms with van der Waals surface area (Å²) in [5.41, 5.74) is 4.78. The second kappa shape index (κ2) is 9.73. The molecule has 5 nitrogen and oxygen atoms in total. The highest BCUT2D eigenvalue weighted by Crippen LogP contribution is 2.16. The third kappa shape index (κ3) is 5.22. The van der Waals surface area contributed by atoms with Gasteiger partial charge in [0.15, 0.2) is 5.96 Å². The molecule has 1 unspecified atom stereocenters. The largest absolute Gasteiger partial charge is 0.356 e. The molecule has 27 heavy (non-hydrogen) atoms. The number of hydrogen-bond donors (Lipinski definition) is 2. The summed E-state index contributed by atoms with van der Waals surface area (Å²) in [5.74, 6) is 2.18. The standard InChI is InChI=1S/C21H27N5.HI/c1-15-8-7-9-17(12-15)16(2)13-23-21(22-3)24-14-20-25-18-10-5-6-11-19(18)26(20)4;/h5-12,16H,13-14H2,1-4H3,(H2,22,23,24);1H. The Morgan fingerprint density at radius 1 is 1.15 bits per heavy atom. The molecule has 144 valence electrons. The summed E-state index contributed by atoms with van der Waals surface area (Å²) in [5, 5.41) is 6.77. The Kier molecular flexibility index (Phi) is 7.65. The number of nitrogens with zero attached hydrogens (tertiary/aromatic N) is 3. The number of aliphatic imine (C=N–C) groups is 1. The summed E-state index contributed by atoms with van der Waals surface area (Å²) in [6.45, 7) is 5.80. The molecule has 2 aromatic carbocycles. The Morgan fingerprint density at radius 2 is 1.93 bits per heavy atom. The first kappa shape index (κ1) is 21.2. The van der Waals surface area contributed by atoms with Gasteiger partial charge in [-0.3, -0.25) is 4.99 Å². The fourth-order valence-electron chi connectivity index (χ4n) is 3.08. The molecule has 1 aromatic heterocycles. The molecule has 0 spiro atoms. The summed E-state index contributed by atoms with van der Waals surface area (Å²) in [4.78, 5) is 9.02. The summed E-state index contributed by atoms with van der Waals surface area (Å²) in [6.07, 6.45) is 0. The molecule has 0 amide bonds. The van der Waals surface area contributed by atoms with Gasteiger partial charge in [0.05, 0.1) is 17.6 Å². The van der Waals surface area contributed by atoms with Crippen molar-refractivity contribution in [3.63, 3.8) is 0 Å². The number of nitrogens with one attached hydrogen (secondary N) is 2. The first-order valence-corrected chi connectivity index (χ1v) is 9.00. The van der Waals surface area contributed by atoms with Gasteiger partial charge in [-0.25, -0.2) is 4.98 Å². The van der Waals surface area contributed by atoms with Crippen molar-refractivity contribution >= 4 is 41.0 Å². The molecule has 0 radical (unpaired) electrons. The van der Waals surface area contributed by atoms with E-state index in [0.717, 1.165) is 29.4 Å². The zero-order valence-corrected chi connectivity index (χ0v) is 18.7. The van der Waals surface area contributed by atoms with Crippen molar-refractivity contribution in [3.8, 4) is 0 Å². The minimum absolute atomic E-state index is 0. The van der Waals surface area contributed by atoms with Crippen LogP contribution in [-0.4, -0.2) is 29.1 Å². The minimum atomic E-state index is 0. The van der Waals surface area contributed by atoms with Crippen molar-refractivity contribution < 1.29 is 0 Å². The van der Waals surface area contributed by atoms with Crippen molar-refractivity contribution in [3.05, 3.63) is 65.5 Å². The van der Waals surface area contributed by atoms with Gasteiger partial charge < -0.3 is 15.2 Å². The van der Waals surface area contributed by atoms with Crippen LogP contribution in [0.5, 0.6) is 0 Å². The number of rotatable bonds is 5. The average molecular weight is 477 g/mol. The van der Waals surface area contributed by atoms with Crippen LogP contribution in [-0.2, 0) is 13.6 Å². The molecule has 0 aliphatic heterocycles. The van der Waals surface area contributed by atoms with E-state index in [1.54, 1.807) is 7.05 Å². The Morgan fingerprint density at radius 3 is 2.63 bits per heavy atom. The van der Waals surface area contributed by atoms with Gasteiger partial charge in [0.2, 0.25) is 0 Å². The molecule has 6 heteroatoms. The highest BCUT2D eigenvalue weighted by atomic mass is 127. The first-order chi connectivity index (χ1) is 12.6. The van der Waals surface area contributed by atoms with Crippen LogP contribution in [0.4, 0.5) is 0 Å². The average Bonchev–Trinajstić information content (AvgIpc) is 2.98. The fraction of sp³-hybridized carbons (Fsp3) is 0.333. The molecule has 0 aliphatic rings. The van der Waals surface area contributed by atoms with E-state index in [9.17, 15) is 0 Å². The molecule has 0 fully saturated rings. The van der Waals surface area contributed by atoms with E-state index in [0.29, 0.717) is 12.5 Å². The SMILES string of the molecule is CN=C(NCc1nc2ccccc2n1C)NCC(C)c1cccc(C)c1.I. The van der Waals surface area contributed by atoms with Crippen molar-refractivity contribution in [2.45, 2.75) is 26.3 Å². The predicted molar refractivity (Wildman–Crippen MR) is 124 cm³/mol. The van der Waals surface area contributed by atoms with E-state index in [4.69, 9.17) is 0 Å². The maximum atomic E-state index is 4.69. The third-order valence-corrected chi connectivity index (χ3v) is 4.70. The fourth-order valence-corrected chi connectivity index (χ4v) is 3.08. The Hall–Kier alpha value is -2.09. The summed E-state index contributed by atoms with van der Waals surface area (Å²) < 4.78 is 2.12. The molecule has 0 saturated carbocycles. The van der Waals surface area contributed by atoms with E-state index in [2.05, 4.69) is 69.4 Å². The van der Waals surface area contributed by atoms with Crippen LogP contribution in [0.15, 0.2) is 53.5 Å². The quantitative estimate of drug-likeness (QED) is 0.332. The normalized spacial score (nSPS) is 12.5. The number of aryl methyl sites for hydroxylation is 2. The highest BCUT2D eigenvalue weighted by molar-refractivity contribution is 14.0. The molecule has 3 rings (SSSR count). The highest BCUT2D eigenvalue weighted by Gasteiger charge is 2.09. The topological polar surface area (TPSA) is 54.2 Å². The van der Waals surface area contributed by atoms with Crippen molar-refractivity contribution in [1.82, 2.24) is 20.2 Å². The van der Waals surface area contributed by atoms with Gasteiger partial charge in [-0.05, 0) is 30.5 Å². The molecule has 1 atom stereocenters. The number of para-hydroxylation sites is 2. The second-order valence-corrected chi connectivity index (χ2v) is 6.70. The maximum Gasteiger partial charge on any atom is 0.191 e. The van der Waals surface area contributed by atoms with Gasteiger partial charge in [-0.1, -0.05) is 48.9 Å². The van der Waals surface area contributed by atoms with Gasteiger partial charge in [-0.15, -0.1) is 24.0 Å². The van der Waals surface area contributed by atoms with Gasteiger partial charge in [0.25, 0.3) is 0 Å². The lowest BCUT2D eigenvalue weighted by Crippen LogP contribution is -2.39. The van der Waals surface area contributed by atoms with Gasteiger partial charge in [0.1, 0.15) is 5.82 Å². The zero-order valence-electron chi connectivity index (χ0n) is 16.4. The number of fused-ring (bicyclic) bond motifs is 1. The molecular weight excluding hydrogens is 449 g/mol. The minimum Gasteiger partial charge on any atom is -0.356 e. The number of imidazole rings is 1. The van der Waals surface area contributed by atoms with Gasteiger partial charge in [-0.2, -0.15) is 0 Å². The van der Waals surface area contributed by atoms with E-state index in [-0.39, 0.29) is 24.0 Å². The van der Waals surface area contributed by atoms with E-state index >= 15 is 0 Å². The van der Waals surface area contributed by atoms with Crippen LogP contribution in [0.2, 0.25) is 0 Å². The Bertz CT molecular complexity index is 916. The lowest BCUT2D eigenvalue weighted by atomic mass is 9.99. The lowest BCUT2D eigenvalue weighted by molar-refractivity contribution is 0.686.